The van der Waals surface area contributed by atoms with Gasteiger partial charge in [0.2, 0.25) is 0 Å². The van der Waals surface area contributed by atoms with Crippen LogP contribution in [0, 0.1) is 0 Å². The van der Waals surface area contributed by atoms with Crippen molar-refractivity contribution in [1.82, 2.24) is 20.4 Å². The van der Waals surface area contributed by atoms with E-state index in [0.717, 1.165) is 6.07 Å². The number of aryl methyl sites for hydroxylation is 1. The van der Waals surface area contributed by atoms with Crippen molar-refractivity contribution in [1.29, 1.82) is 0 Å². The number of aromatic nitrogens is 2. The smallest absolute Gasteiger partial charge is 0.348 e. The zero-order valence-electron chi connectivity index (χ0n) is 14.0. The fourth-order valence-corrected chi connectivity index (χ4v) is 3.53. The molecule has 1 saturated heterocycles. The van der Waals surface area contributed by atoms with Crippen LogP contribution in [0.4, 0.5) is 13.2 Å². The Labute approximate surface area is 133 Å². The third-order valence-electron chi connectivity index (χ3n) is 3.93. The number of halogens is 3. The zero-order valence-corrected chi connectivity index (χ0v) is 14.0. The third kappa shape index (κ3) is 4.25. The van der Waals surface area contributed by atoms with Crippen LogP contribution in [-0.2, 0) is 13.2 Å². The van der Waals surface area contributed by atoms with Gasteiger partial charge in [0.25, 0.3) is 5.91 Å². The summed E-state index contributed by atoms with van der Waals surface area (Å²) in [5, 5.41) is 9.99. The molecule has 2 rings (SSSR count). The summed E-state index contributed by atoms with van der Waals surface area (Å²) in [6, 6.07) is 0.664. The fourth-order valence-electron chi connectivity index (χ4n) is 3.53. The van der Waals surface area contributed by atoms with Crippen molar-refractivity contribution in [2.45, 2.75) is 63.8 Å². The molecule has 0 spiro atoms. The molecule has 1 aliphatic heterocycles. The Morgan fingerprint density at radius 1 is 1.30 bits per heavy atom. The molecule has 1 fully saturated rings. The molecule has 130 valence electrons. The average Bonchev–Trinajstić information content (AvgIpc) is 2.66. The van der Waals surface area contributed by atoms with E-state index in [9.17, 15) is 18.0 Å². The number of amides is 1. The second-order valence-electron chi connectivity index (χ2n) is 7.51. The lowest BCUT2D eigenvalue weighted by atomic mass is 9.79. The van der Waals surface area contributed by atoms with Crippen LogP contribution in [0.1, 0.15) is 56.7 Å². The molecule has 1 aromatic heterocycles. The molecule has 1 amide bonds. The summed E-state index contributed by atoms with van der Waals surface area (Å²) in [6.45, 7) is 8.15. The minimum absolute atomic E-state index is 0.120. The highest BCUT2D eigenvalue weighted by molar-refractivity contribution is 5.92. The number of hydrogen-bond donors (Lipinski definition) is 2. The minimum atomic E-state index is -4.53. The molecular formula is C15H23F3N4O. The lowest BCUT2D eigenvalue weighted by Crippen LogP contribution is -2.62. The Hall–Kier alpha value is -1.57. The van der Waals surface area contributed by atoms with Crippen LogP contribution in [0.5, 0.6) is 0 Å². The van der Waals surface area contributed by atoms with Crippen LogP contribution in [0.2, 0.25) is 0 Å². The van der Waals surface area contributed by atoms with Crippen molar-refractivity contribution in [3.63, 3.8) is 0 Å². The maximum Gasteiger partial charge on any atom is 0.433 e. The second kappa shape index (κ2) is 5.51. The van der Waals surface area contributed by atoms with Crippen LogP contribution < -0.4 is 10.6 Å². The first-order chi connectivity index (χ1) is 10.3. The molecule has 0 bridgehead atoms. The number of carbonyl (C=O) groups excluding carboxylic acids is 1. The maximum absolute atomic E-state index is 12.8. The highest BCUT2D eigenvalue weighted by Gasteiger charge is 2.39. The molecule has 23 heavy (non-hydrogen) atoms. The number of carbonyl (C=O) groups is 1. The Balaban J connectivity index is 2.13. The number of hydrogen-bond acceptors (Lipinski definition) is 3. The predicted molar refractivity (Wildman–Crippen MR) is 80.0 cm³/mol. The van der Waals surface area contributed by atoms with E-state index < -0.39 is 17.8 Å². The lowest BCUT2D eigenvalue weighted by Gasteiger charge is -2.46. The number of nitrogens with one attached hydrogen (secondary N) is 2. The van der Waals surface area contributed by atoms with E-state index >= 15 is 0 Å². The first kappa shape index (κ1) is 17.8. The SMILES string of the molecule is Cn1nc(C(=O)NC2CC(C)(C)NC(C)(C)C2)cc1C(F)(F)F. The molecule has 0 aliphatic carbocycles. The largest absolute Gasteiger partial charge is 0.433 e. The highest BCUT2D eigenvalue weighted by atomic mass is 19.4. The normalized spacial score (nSPS) is 21.2. The molecule has 2 heterocycles. The summed E-state index contributed by atoms with van der Waals surface area (Å²) in [6.07, 6.45) is -3.14. The van der Waals surface area contributed by atoms with E-state index in [2.05, 4.69) is 15.7 Å². The molecule has 0 saturated carbocycles. The van der Waals surface area contributed by atoms with Gasteiger partial charge in [-0.1, -0.05) is 0 Å². The molecule has 1 aromatic rings. The molecule has 0 aromatic carbocycles. The molecule has 5 nitrogen and oxygen atoms in total. The molecule has 1 aliphatic rings. The molecule has 8 heteroatoms. The van der Waals surface area contributed by atoms with E-state index in [1.807, 2.05) is 27.7 Å². The van der Waals surface area contributed by atoms with Gasteiger partial charge in [-0.05, 0) is 40.5 Å². The van der Waals surface area contributed by atoms with Crippen LogP contribution in [0.3, 0.4) is 0 Å². The van der Waals surface area contributed by atoms with Crippen molar-refractivity contribution in [2.75, 3.05) is 0 Å². The van der Waals surface area contributed by atoms with Gasteiger partial charge in [-0.25, -0.2) is 0 Å². The molecular weight excluding hydrogens is 309 g/mol. The van der Waals surface area contributed by atoms with Gasteiger partial charge < -0.3 is 10.6 Å². The highest BCUT2D eigenvalue weighted by Crippen LogP contribution is 2.30. The van der Waals surface area contributed by atoms with Crippen molar-refractivity contribution < 1.29 is 18.0 Å². The monoisotopic (exact) mass is 332 g/mol. The number of alkyl halides is 3. The van der Waals surface area contributed by atoms with E-state index in [0.29, 0.717) is 17.5 Å². The lowest BCUT2D eigenvalue weighted by molar-refractivity contribution is -0.143. The Kier molecular flexibility index (Phi) is 4.26. The first-order valence-electron chi connectivity index (χ1n) is 7.51. The summed E-state index contributed by atoms with van der Waals surface area (Å²) in [4.78, 5) is 12.3. The fraction of sp³-hybridized carbons (Fsp3) is 0.733. The molecule has 2 N–H and O–H groups in total. The standard InChI is InChI=1S/C15H23F3N4O/c1-13(2)7-9(8-14(3,4)21-13)19-12(23)10-6-11(15(16,17)18)22(5)20-10/h6,9,21H,7-8H2,1-5H3,(H,19,23). The maximum atomic E-state index is 12.8. The minimum Gasteiger partial charge on any atom is -0.348 e. The Bertz CT molecular complexity index is 588. The quantitative estimate of drug-likeness (QED) is 0.875. The van der Waals surface area contributed by atoms with Gasteiger partial charge in [0.15, 0.2) is 5.69 Å². The topological polar surface area (TPSA) is 59.0 Å². The number of rotatable bonds is 2. The number of piperidine rings is 1. The predicted octanol–water partition coefficient (Wildman–Crippen LogP) is 2.48. The van der Waals surface area contributed by atoms with Crippen LogP contribution >= 0.6 is 0 Å². The van der Waals surface area contributed by atoms with E-state index in [1.54, 1.807) is 0 Å². The Morgan fingerprint density at radius 3 is 2.26 bits per heavy atom. The summed E-state index contributed by atoms with van der Waals surface area (Å²) < 4.78 is 39.0. The van der Waals surface area contributed by atoms with Gasteiger partial charge in [0.1, 0.15) is 5.69 Å². The van der Waals surface area contributed by atoms with Gasteiger partial charge >= 0.3 is 6.18 Å². The first-order valence-corrected chi connectivity index (χ1v) is 7.51. The average molecular weight is 332 g/mol. The van der Waals surface area contributed by atoms with Crippen molar-refractivity contribution in [3.8, 4) is 0 Å². The Morgan fingerprint density at radius 2 is 1.83 bits per heavy atom. The summed E-state index contributed by atoms with van der Waals surface area (Å²) in [5.74, 6) is -0.574. The van der Waals surface area contributed by atoms with E-state index in [4.69, 9.17) is 0 Å². The van der Waals surface area contributed by atoms with Crippen molar-refractivity contribution in [3.05, 3.63) is 17.5 Å². The van der Waals surface area contributed by atoms with E-state index in [-0.39, 0.29) is 22.8 Å². The van der Waals surface area contributed by atoms with E-state index in [1.165, 1.54) is 7.05 Å². The summed E-state index contributed by atoms with van der Waals surface area (Å²) >= 11 is 0. The van der Waals surface area contributed by atoms with Gasteiger partial charge in [-0.2, -0.15) is 18.3 Å². The zero-order chi connectivity index (χ0) is 17.6. The van der Waals surface area contributed by atoms with Crippen molar-refractivity contribution in [2.24, 2.45) is 7.05 Å². The van der Waals surface area contributed by atoms with Gasteiger partial charge in [-0.3, -0.25) is 9.48 Å². The molecule has 0 atom stereocenters. The van der Waals surface area contributed by atoms with Crippen LogP contribution in [0.25, 0.3) is 0 Å². The third-order valence-corrected chi connectivity index (χ3v) is 3.93. The van der Waals surface area contributed by atoms with Crippen LogP contribution in [-0.4, -0.2) is 32.8 Å². The van der Waals surface area contributed by atoms with Gasteiger partial charge in [-0.15, -0.1) is 0 Å². The van der Waals surface area contributed by atoms with Gasteiger partial charge in [0, 0.05) is 30.2 Å². The van der Waals surface area contributed by atoms with Crippen molar-refractivity contribution >= 4 is 5.91 Å². The summed E-state index contributed by atoms with van der Waals surface area (Å²) in [5.41, 5.74) is -1.48. The van der Waals surface area contributed by atoms with Gasteiger partial charge in [0.05, 0.1) is 0 Å². The molecule has 0 radical (unpaired) electrons. The van der Waals surface area contributed by atoms with Crippen LogP contribution in [0.15, 0.2) is 6.07 Å². The number of nitrogens with zero attached hydrogens (tertiary/aromatic N) is 2. The summed E-state index contributed by atoms with van der Waals surface area (Å²) in [7, 11) is 1.18. The molecule has 0 unspecified atom stereocenters. The second-order valence-corrected chi connectivity index (χ2v) is 7.51.